The Kier molecular flexibility index (Phi) is 4.43. The molecule has 0 saturated carbocycles. The Labute approximate surface area is 141 Å². The van der Waals surface area contributed by atoms with E-state index in [-0.39, 0.29) is 17.3 Å². The van der Waals surface area contributed by atoms with E-state index < -0.39 is 17.6 Å². The zero-order valence-corrected chi connectivity index (χ0v) is 13.0. The van der Waals surface area contributed by atoms with Gasteiger partial charge in [0.25, 0.3) is 0 Å². The number of benzene rings is 1. The SMILES string of the molecule is O=C(NCc1cn2ccccc2n1)C(=O)Nc1cc(Cl)ccc1F. The van der Waals surface area contributed by atoms with Gasteiger partial charge in [-0.1, -0.05) is 17.7 Å². The smallest absolute Gasteiger partial charge is 0.313 e. The molecule has 0 radical (unpaired) electrons. The summed E-state index contributed by atoms with van der Waals surface area (Å²) in [5.41, 5.74) is 1.17. The predicted molar refractivity (Wildman–Crippen MR) is 87.1 cm³/mol. The first-order valence-electron chi connectivity index (χ1n) is 7.00. The van der Waals surface area contributed by atoms with Crippen molar-refractivity contribution in [3.05, 3.63) is 65.3 Å². The number of fused-ring (bicyclic) bond motifs is 1. The summed E-state index contributed by atoms with van der Waals surface area (Å²) in [6, 6.07) is 9.19. The highest BCUT2D eigenvalue weighted by Gasteiger charge is 2.16. The first-order valence-corrected chi connectivity index (χ1v) is 7.37. The number of amides is 2. The first kappa shape index (κ1) is 15.9. The third-order valence-corrected chi connectivity index (χ3v) is 3.46. The lowest BCUT2D eigenvalue weighted by Gasteiger charge is -2.06. The molecule has 2 N–H and O–H groups in total. The average Bonchev–Trinajstić information content (AvgIpc) is 2.98. The number of rotatable bonds is 3. The van der Waals surface area contributed by atoms with Crippen molar-refractivity contribution >= 4 is 34.7 Å². The second kappa shape index (κ2) is 6.67. The van der Waals surface area contributed by atoms with Gasteiger partial charge in [-0.05, 0) is 30.3 Å². The van der Waals surface area contributed by atoms with Crippen LogP contribution in [0.25, 0.3) is 5.65 Å². The Bertz CT molecular complexity index is 892. The molecule has 0 aliphatic heterocycles. The quantitative estimate of drug-likeness (QED) is 0.715. The van der Waals surface area contributed by atoms with Gasteiger partial charge in [0.05, 0.1) is 17.9 Å². The van der Waals surface area contributed by atoms with Crippen LogP contribution >= 0.6 is 11.6 Å². The molecule has 0 saturated heterocycles. The molecule has 0 atom stereocenters. The molecule has 0 fully saturated rings. The zero-order valence-electron chi connectivity index (χ0n) is 12.3. The van der Waals surface area contributed by atoms with Crippen LogP contribution in [-0.4, -0.2) is 21.2 Å². The van der Waals surface area contributed by atoms with Gasteiger partial charge in [0.15, 0.2) is 0 Å². The van der Waals surface area contributed by atoms with Crippen molar-refractivity contribution in [2.24, 2.45) is 0 Å². The van der Waals surface area contributed by atoms with Crippen molar-refractivity contribution in [2.75, 3.05) is 5.32 Å². The van der Waals surface area contributed by atoms with Crippen molar-refractivity contribution < 1.29 is 14.0 Å². The van der Waals surface area contributed by atoms with Crippen molar-refractivity contribution in [1.29, 1.82) is 0 Å². The summed E-state index contributed by atoms with van der Waals surface area (Å²) in [6.07, 6.45) is 3.56. The van der Waals surface area contributed by atoms with Gasteiger partial charge in [0, 0.05) is 17.4 Å². The van der Waals surface area contributed by atoms with Gasteiger partial charge in [-0.2, -0.15) is 0 Å². The summed E-state index contributed by atoms with van der Waals surface area (Å²) in [5.74, 6) is -2.56. The first-order chi connectivity index (χ1) is 11.5. The Balaban J connectivity index is 1.61. The standard InChI is InChI=1S/C16H12ClFN4O2/c17-10-4-5-12(18)13(7-10)21-16(24)15(23)19-8-11-9-22-6-2-1-3-14(22)20-11/h1-7,9H,8H2,(H,19,23)(H,21,24). The molecule has 2 amide bonds. The fourth-order valence-corrected chi connectivity index (χ4v) is 2.27. The lowest BCUT2D eigenvalue weighted by atomic mass is 10.3. The fourth-order valence-electron chi connectivity index (χ4n) is 2.10. The number of anilines is 1. The molecular weight excluding hydrogens is 335 g/mol. The molecule has 6 nitrogen and oxygen atoms in total. The van der Waals surface area contributed by atoms with Crippen LogP contribution in [0.15, 0.2) is 48.8 Å². The van der Waals surface area contributed by atoms with E-state index in [4.69, 9.17) is 11.6 Å². The Morgan fingerprint density at radius 1 is 1.21 bits per heavy atom. The fraction of sp³-hybridized carbons (Fsp3) is 0.0625. The van der Waals surface area contributed by atoms with E-state index in [0.717, 1.165) is 11.7 Å². The topological polar surface area (TPSA) is 75.5 Å². The minimum absolute atomic E-state index is 0.0754. The second-order valence-electron chi connectivity index (χ2n) is 4.96. The number of carbonyl (C=O) groups is 2. The van der Waals surface area contributed by atoms with Crippen LogP contribution in [0.1, 0.15) is 5.69 Å². The Hall–Kier alpha value is -2.93. The largest absolute Gasteiger partial charge is 0.342 e. The molecule has 24 heavy (non-hydrogen) atoms. The molecule has 122 valence electrons. The summed E-state index contributed by atoms with van der Waals surface area (Å²) < 4.78 is 15.3. The highest BCUT2D eigenvalue weighted by molar-refractivity contribution is 6.39. The number of halogens is 2. The van der Waals surface area contributed by atoms with E-state index in [9.17, 15) is 14.0 Å². The van der Waals surface area contributed by atoms with Crippen molar-refractivity contribution in [1.82, 2.24) is 14.7 Å². The lowest BCUT2D eigenvalue weighted by Crippen LogP contribution is -2.35. The van der Waals surface area contributed by atoms with E-state index in [1.54, 1.807) is 10.6 Å². The van der Waals surface area contributed by atoms with Crippen LogP contribution < -0.4 is 10.6 Å². The summed E-state index contributed by atoms with van der Waals surface area (Å²) in [5, 5.41) is 4.86. The Morgan fingerprint density at radius 2 is 2.04 bits per heavy atom. The molecule has 3 aromatic rings. The van der Waals surface area contributed by atoms with Crippen LogP contribution in [0.4, 0.5) is 10.1 Å². The summed E-state index contributed by atoms with van der Waals surface area (Å²) in [4.78, 5) is 27.9. The molecule has 0 aliphatic carbocycles. The summed E-state index contributed by atoms with van der Waals surface area (Å²) in [6.45, 7) is 0.0754. The number of pyridine rings is 1. The van der Waals surface area contributed by atoms with Gasteiger partial charge in [-0.25, -0.2) is 9.37 Å². The van der Waals surface area contributed by atoms with Crippen LogP contribution in [0.5, 0.6) is 0 Å². The van der Waals surface area contributed by atoms with Crippen LogP contribution in [0, 0.1) is 5.82 Å². The molecule has 0 aliphatic rings. The van der Waals surface area contributed by atoms with E-state index >= 15 is 0 Å². The highest BCUT2D eigenvalue weighted by atomic mass is 35.5. The second-order valence-corrected chi connectivity index (χ2v) is 5.40. The van der Waals surface area contributed by atoms with Crippen LogP contribution in [0.3, 0.4) is 0 Å². The maximum absolute atomic E-state index is 13.5. The average molecular weight is 347 g/mol. The monoisotopic (exact) mass is 346 g/mol. The van der Waals surface area contributed by atoms with E-state index in [2.05, 4.69) is 15.6 Å². The maximum Gasteiger partial charge on any atom is 0.313 e. The number of imidazole rings is 1. The van der Waals surface area contributed by atoms with Gasteiger partial charge in [0.1, 0.15) is 11.5 Å². The minimum atomic E-state index is -0.986. The Morgan fingerprint density at radius 3 is 2.83 bits per heavy atom. The maximum atomic E-state index is 13.5. The van der Waals surface area contributed by atoms with Crippen molar-refractivity contribution in [3.63, 3.8) is 0 Å². The van der Waals surface area contributed by atoms with Crippen molar-refractivity contribution in [2.45, 2.75) is 6.54 Å². The van der Waals surface area contributed by atoms with Gasteiger partial charge in [-0.15, -0.1) is 0 Å². The van der Waals surface area contributed by atoms with Crippen LogP contribution in [-0.2, 0) is 16.1 Å². The van der Waals surface area contributed by atoms with Gasteiger partial charge >= 0.3 is 11.8 Å². The third kappa shape index (κ3) is 3.52. The molecule has 3 rings (SSSR count). The van der Waals surface area contributed by atoms with E-state index in [1.807, 2.05) is 24.4 Å². The number of nitrogens with one attached hydrogen (secondary N) is 2. The molecule has 1 aromatic carbocycles. The van der Waals surface area contributed by atoms with Crippen molar-refractivity contribution in [3.8, 4) is 0 Å². The van der Waals surface area contributed by atoms with E-state index in [1.165, 1.54) is 12.1 Å². The zero-order chi connectivity index (χ0) is 17.1. The summed E-state index contributed by atoms with van der Waals surface area (Å²) >= 11 is 5.73. The predicted octanol–water partition coefficient (Wildman–Crippen LogP) is 2.38. The number of nitrogens with zero attached hydrogens (tertiary/aromatic N) is 2. The molecule has 0 spiro atoms. The third-order valence-electron chi connectivity index (χ3n) is 3.23. The molecule has 0 unspecified atom stereocenters. The number of hydrogen-bond donors (Lipinski definition) is 2. The summed E-state index contributed by atoms with van der Waals surface area (Å²) in [7, 11) is 0. The van der Waals surface area contributed by atoms with E-state index in [0.29, 0.717) is 5.69 Å². The number of hydrogen-bond acceptors (Lipinski definition) is 3. The number of aromatic nitrogens is 2. The highest BCUT2D eigenvalue weighted by Crippen LogP contribution is 2.19. The van der Waals surface area contributed by atoms with Gasteiger partial charge in [0.2, 0.25) is 0 Å². The minimum Gasteiger partial charge on any atom is -0.342 e. The van der Waals surface area contributed by atoms with Gasteiger partial charge in [-0.3, -0.25) is 9.59 Å². The number of carbonyl (C=O) groups excluding carboxylic acids is 2. The molecule has 2 heterocycles. The lowest BCUT2D eigenvalue weighted by molar-refractivity contribution is -0.136. The normalized spacial score (nSPS) is 10.6. The molecule has 8 heteroatoms. The van der Waals surface area contributed by atoms with Gasteiger partial charge < -0.3 is 15.0 Å². The molecular formula is C16H12ClFN4O2. The molecule has 2 aromatic heterocycles. The molecule has 0 bridgehead atoms. The van der Waals surface area contributed by atoms with Crippen LogP contribution in [0.2, 0.25) is 5.02 Å².